The van der Waals surface area contributed by atoms with Gasteiger partial charge in [-0.2, -0.15) is 0 Å². The smallest absolute Gasteiger partial charge is 0.243 e. The molecule has 2 amide bonds. The molecule has 5 N–H and O–H groups in total. The number of likely N-dealkylation sites (tertiary alicyclic amines) is 1. The van der Waals surface area contributed by atoms with E-state index in [-0.39, 0.29) is 11.9 Å². The van der Waals surface area contributed by atoms with Crippen molar-refractivity contribution in [2.24, 2.45) is 5.73 Å². The van der Waals surface area contributed by atoms with Crippen LogP contribution in [0.4, 0.5) is 5.69 Å². The largest absolute Gasteiger partial charge is 0.399 e. The topological polar surface area (TPSA) is 101 Å². The molecule has 0 radical (unpaired) electrons. The number of anilines is 1. The molecule has 27 heavy (non-hydrogen) atoms. The maximum Gasteiger partial charge on any atom is 0.243 e. The lowest BCUT2D eigenvalue weighted by atomic mass is 10.1. The van der Waals surface area contributed by atoms with E-state index in [1.807, 2.05) is 54.6 Å². The van der Waals surface area contributed by atoms with Gasteiger partial charge in [-0.05, 0) is 49.1 Å². The molecule has 1 heterocycles. The second-order valence-corrected chi connectivity index (χ2v) is 7.02. The molecule has 2 atom stereocenters. The Labute approximate surface area is 159 Å². The van der Waals surface area contributed by atoms with Crippen LogP contribution >= 0.6 is 0 Å². The number of carbonyl (C=O) groups is 2. The lowest BCUT2D eigenvalue weighted by molar-refractivity contribution is -0.133. The Balaban J connectivity index is 1.55. The van der Waals surface area contributed by atoms with Crippen molar-refractivity contribution < 1.29 is 9.59 Å². The number of amides is 2. The third kappa shape index (κ3) is 5.15. The van der Waals surface area contributed by atoms with E-state index in [1.165, 1.54) is 0 Å². The first-order valence-electron chi connectivity index (χ1n) is 9.25. The first-order valence-corrected chi connectivity index (χ1v) is 9.25. The first-order chi connectivity index (χ1) is 13.0. The maximum absolute atomic E-state index is 12.6. The SMILES string of the molecule is Nc1ccc(CN2CCC[C@H]2C(=O)NC(=O)[C@H](N)Cc2ccccc2)cc1. The summed E-state index contributed by atoms with van der Waals surface area (Å²) in [6.07, 6.45) is 2.07. The summed E-state index contributed by atoms with van der Waals surface area (Å²) in [5, 5.41) is 2.50. The van der Waals surface area contributed by atoms with Crippen LogP contribution in [-0.2, 0) is 22.6 Å². The molecule has 1 aliphatic heterocycles. The molecule has 0 spiro atoms. The molecule has 0 saturated carbocycles. The Morgan fingerprint density at radius 2 is 1.78 bits per heavy atom. The highest BCUT2D eigenvalue weighted by atomic mass is 16.2. The molecular weight excluding hydrogens is 340 g/mol. The van der Waals surface area contributed by atoms with Crippen molar-refractivity contribution in [1.29, 1.82) is 0 Å². The van der Waals surface area contributed by atoms with Crippen LogP contribution in [0.3, 0.4) is 0 Å². The van der Waals surface area contributed by atoms with Crippen LogP contribution in [0, 0.1) is 0 Å². The summed E-state index contributed by atoms with van der Waals surface area (Å²) in [4.78, 5) is 27.0. The first kappa shape index (κ1) is 19.1. The van der Waals surface area contributed by atoms with E-state index in [0.717, 1.165) is 30.5 Å². The standard InChI is InChI=1S/C21H26N4O2/c22-17-10-8-16(9-11-17)14-25-12-4-7-19(25)21(27)24-20(26)18(23)13-15-5-2-1-3-6-15/h1-3,5-6,8-11,18-19H,4,7,12-14,22-23H2,(H,24,26,27)/t18-,19+/m1/s1. The number of nitrogens with zero attached hydrogens (tertiary/aromatic N) is 1. The zero-order chi connectivity index (χ0) is 19.2. The highest BCUT2D eigenvalue weighted by Crippen LogP contribution is 2.20. The quantitative estimate of drug-likeness (QED) is 0.672. The Bertz CT molecular complexity index is 777. The average molecular weight is 366 g/mol. The minimum atomic E-state index is -0.747. The van der Waals surface area contributed by atoms with Crippen LogP contribution in [0.5, 0.6) is 0 Å². The van der Waals surface area contributed by atoms with Gasteiger partial charge >= 0.3 is 0 Å². The van der Waals surface area contributed by atoms with E-state index in [1.54, 1.807) is 0 Å². The van der Waals surface area contributed by atoms with Crippen LogP contribution < -0.4 is 16.8 Å². The molecule has 1 aliphatic rings. The predicted octanol–water partition coefficient (Wildman–Crippen LogP) is 1.45. The summed E-state index contributed by atoms with van der Waals surface area (Å²) in [5.74, 6) is -0.695. The summed E-state index contributed by atoms with van der Waals surface area (Å²) in [6.45, 7) is 1.48. The Morgan fingerprint density at radius 1 is 1.07 bits per heavy atom. The molecule has 0 aliphatic carbocycles. The molecule has 6 heteroatoms. The van der Waals surface area contributed by atoms with Gasteiger partial charge in [0, 0.05) is 12.2 Å². The average Bonchev–Trinajstić information content (AvgIpc) is 3.12. The van der Waals surface area contributed by atoms with Crippen LogP contribution in [-0.4, -0.2) is 35.3 Å². The van der Waals surface area contributed by atoms with Gasteiger partial charge in [0.05, 0.1) is 12.1 Å². The second-order valence-electron chi connectivity index (χ2n) is 7.02. The van der Waals surface area contributed by atoms with Crippen molar-refractivity contribution in [1.82, 2.24) is 10.2 Å². The summed E-state index contributed by atoms with van der Waals surface area (Å²) in [6, 6.07) is 16.1. The van der Waals surface area contributed by atoms with Crippen molar-refractivity contribution in [3.63, 3.8) is 0 Å². The molecule has 1 fully saturated rings. The fraction of sp³-hybridized carbons (Fsp3) is 0.333. The highest BCUT2D eigenvalue weighted by Gasteiger charge is 2.32. The van der Waals surface area contributed by atoms with E-state index >= 15 is 0 Å². The lowest BCUT2D eigenvalue weighted by Gasteiger charge is -2.24. The third-order valence-corrected chi connectivity index (χ3v) is 4.91. The number of hydrogen-bond donors (Lipinski definition) is 3. The number of hydrogen-bond acceptors (Lipinski definition) is 5. The summed E-state index contributed by atoms with van der Waals surface area (Å²) < 4.78 is 0. The maximum atomic E-state index is 12.6. The molecule has 1 saturated heterocycles. The Hall–Kier alpha value is -2.70. The second kappa shape index (κ2) is 8.79. The summed E-state index contributed by atoms with van der Waals surface area (Å²) in [7, 11) is 0. The predicted molar refractivity (Wildman–Crippen MR) is 106 cm³/mol. The number of imide groups is 1. The number of nitrogens with one attached hydrogen (secondary N) is 1. The van der Waals surface area contributed by atoms with Gasteiger partial charge in [-0.25, -0.2) is 0 Å². The molecular formula is C21H26N4O2. The number of carbonyl (C=O) groups excluding carboxylic acids is 2. The zero-order valence-corrected chi connectivity index (χ0v) is 15.3. The van der Waals surface area contributed by atoms with Gasteiger partial charge in [0.25, 0.3) is 0 Å². The minimum Gasteiger partial charge on any atom is -0.399 e. The summed E-state index contributed by atoms with van der Waals surface area (Å²) in [5.41, 5.74) is 14.5. The molecule has 0 aromatic heterocycles. The van der Waals surface area contributed by atoms with Gasteiger partial charge in [0.1, 0.15) is 0 Å². The zero-order valence-electron chi connectivity index (χ0n) is 15.3. The molecule has 2 aromatic rings. The van der Waals surface area contributed by atoms with Gasteiger partial charge < -0.3 is 11.5 Å². The number of rotatable bonds is 6. The van der Waals surface area contributed by atoms with Crippen molar-refractivity contribution in [2.45, 2.75) is 37.9 Å². The highest BCUT2D eigenvalue weighted by molar-refractivity contribution is 6.00. The monoisotopic (exact) mass is 366 g/mol. The normalized spacial score (nSPS) is 18.2. The van der Waals surface area contributed by atoms with Gasteiger partial charge in [-0.3, -0.25) is 19.8 Å². The number of nitrogen functional groups attached to an aromatic ring is 1. The third-order valence-electron chi connectivity index (χ3n) is 4.91. The van der Waals surface area contributed by atoms with Crippen LogP contribution in [0.2, 0.25) is 0 Å². The van der Waals surface area contributed by atoms with E-state index in [0.29, 0.717) is 18.7 Å². The van der Waals surface area contributed by atoms with Gasteiger partial charge in [0.2, 0.25) is 11.8 Å². The molecule has 3 rings (SSSR count). The minimum absolute atomic E-state index is 0.267. The van der Waals surface area contributed by atoms with E-state index in [4.69, 9.17) is 11.5 Å². The van der Waals surface area contributed by atoms with E-state index in [2.05, 4.69) is 10.2 Å². The van der Waals surface area contributed by atoms with Crippen molar-refractivity contribution in [2.75, 3.05) is 12.3 Å². The number of benzene rings is 2. The Morgan fingerprint density at radius 3 is 2.48 bits per heavy atom. The van der Waals surface area contributed by atoms with Crippen LogP contribution in [0.25, 0.3) is 0 Å². The molecule has 6 nitrogen and oxygen atoms in total. The fourth-order valence-electron chi connectivity index (χ4n) is 3.43. The lowest BCUT2D eigenvalue weighted by Crippen LogP contribution is -2.50. The van der Waals surface area contributed by atoms with Crippen LogP contribution in [0.1, 0.15) is 24.0 Å². The molecule has 0 unspecified atom stereocenters. The molecule has 0 bridgehead atoms. The Kier molecular flexibility index (Phi) is 6.21. The van der Waals surface area contributed by atoms with Gasteiger partial charge in [-0.1, -0.05) is 42.5 Å². The van der Waals surface area contributed by atoms with Crippen molar-refractivity contribution in [3.8, 4) is 0 Å². The van der Waals surface area contributed by atoms with E-state index in [9.17, 15) is 9.59 Å². The molecule has 142 valence electrons. The molecule has 2 aromatic carbocycles. The van der Waals surface area contributed by atoms with Gasteiger partial charge in [0.15, 0.2) is 0 Å². The summed E-state index contributed by atoms with van der Waals surface area (Å²) >= 11 is 0. The van der Waals surface area contributed by atoms with Crippen LogP contribution in [0.15, 0.2) is 54.6 Å². The van der Waals surface area contributed by atoms with E-state index < -0.39 is 11.9 Å². The van der Waals surface area contributed by atoms with Crippen molar-refractivity contribution in [3.05, 3.63) is 65.7 Å². The van der Waals surface area contributed by atoms with Gasteiger partial charge in [-0.15, -0.1) is 0 Å². The fourth-order valence-corrected chi connectivity index (χ4v) is 3.43. The number of nitrogens with two attached hydrogens (primary N) is 2. The van der Waals surface area contributed by atoms with Crippen molar-refractivity contribution >= 4 is 17.5 Å².